The maximum absolute atomic E-state index is 12.8. The highest BCUT2D eigenvalue weighted by atomic mass is 19.4. The molecule has 8 heteroatoms. The van der Waals surface area contributed by atoms with E-state index in [1.54, 1.807) is 0 Å². The van der Waals surface area contributed by atoms with Crippen LogP contribution in [0.4, 0.5) is 32.2 Å². The number of nitrogen functional groups attached to an aromatic ring is 1. The normalized spacial score (nSPS) is 12.9. The number of alkyl halides is 6. The van der Waals surface area contributed by atoms with E-state index >= 15 is 0 Å². The van der Waals surface area contributed by atoms with Crippen molar-refractivity contribution >= 4 is 16.6 Å². The minimum atomic E-state index is -4.81. The fraction of sp³-hybridized carbons (Fsp3) is 0.182. The molecule has 1 aromatic heterocycles. The summed E-state index contributed by atoms with van der Waals surface area (Å²) in [5.74, 6) is -0.587. The minimum absolute atomic E-state index is 0.428. The average Bonchev–Trinajstić information content (AvgIpc) is 2.25. The number of aromatic nitrogens is 1. The molecule has 0 spiro atoms. The van der Waals surface area contributed by atoms with E-state index < -0.39 is 40.1 Å². The molecule has 1 aromatic carbocycles. The second-order valence-corrected chi connectivity index (χ2v) is 3.78. The third-order valence-corrected chi connectivity index (χ3v) is 2.55. The fourth-order valence-corrected chi connectivity index (χ4v) is 1.78. The number of nitrogens with zero attached hydrogens (tertiary/aromatic N) is 1. The van der Waals surface area contributed by atoms with Crippen LogP contribution in [0.5, 0.6) is 0 Å². The van der Waals surface area contributed by atoms with Gasteiger partial charge in [0, 0.05) is 11.6 Å². The van der Waals surface area contributed by atoms with Crippen LogP contribution < -0.4 is 5.73 Å². The Hall–Kier alpha value is -1.99. The van der Waals surface area contributed by atoms with Crippen molar-refractivity contribution in [1.82, 2.24) is 4.98 Å². The minimum Gasteiger partial charge on any atom is -0.383 e. The van der Waals surface area contributed by atoms with Crippen LogP contribution in [-0.2, 0) is 12.4 Å². The Morgan fingerprint density at radius 1 is 0.895 bits per heavy atom. The fourth-order valence-electron chi connectivity index (χ4n) is 1.78. The number of hydrogen-bond acceptors (Lipinski definition) is 2. The van der Waals surface area contributed by atoms with Gasteiger partial charge in [0.2, 0.25) is 0 Å². The van der Waals surface area contributed by atoms with E-state index in [1.165, 1.54) is 0 Å². The lowest BCUT2D eigenvalue weighted by Crippen LogP contribution is -2.12. The Bertz CT molecular complexity index is 629. The molecule has 0 atom stereocenters. The monoisotopic (exact) mass is 280 g/mol. The van der Waals surface area contributed by atoms with Gasteiger partial charge in [0.15, 0.2) is 0 Å². The predicted octanol–water partition coefficient (Wildman–Crippen LogP) is 3.85. The zero-order valence-corrected chi connectivity index (χ0v) is 9.10. The summed E-state index contributed by atoms with van der Waals surface area (Å²) in [6.45, 7) is 0. The summed E-state index contributed by atoms with van der Waals surface area (Å²) < 4.78 is 76.4. The SMILES string of the molecule is Nc1ncc(C(F)(F)F)c2cccc(C(F)(F)F)c12. The molecular weight excluding hydrogens is 274 g/mol. The largest absolute Gasteiger partial charge is 0.418 e. The van der Waals surface area contributed by atoms with Crippen molar-refractivity contribution in [1.29, 1.82) is 0 Å². The molecule has 19 heavy (non-hydrogen) atoms. The number of rotatable bonds is 0. The number of nitrogens with two attached hydrogens (primary N) is 1. The van der Waals surface area contributed by atoms with Crippen LogP contribution >= 0.6 is 0 Å². The van der Waals surface area contributed by atoms with Crippen molar-refractivity contribution < 1.29 is 26.3 Å². The van der Waals surface area contributed by atoms with Crippen molar-refractivity contribution in [2.75, 3.05) is 5.73 Å². The molecule has 1 heterocycles. The Morgan fingerprint density at radius 3 is 2.00 bits per heavy atom. The summed E-state index contributed by atoms with van der Waals surface area (Å²) in [5.41, 5.74) is 2.80. The standard InChI is InChI=1S/C11H6F6N2/c12-10(13,14)6-3-1-2-5-7(11(15,16)17)4-19-9(18)8(5)6/h1-4H,(H2,18,19). The van der Waals surface area contributed by atoms with Crippen molar-refractivity contribution in [3.8, 4) is 0 Å². The van der Waals surface area contributed by atoms with E-state index in [1.807, 2.05) is 0 Å². The van der Waals surface area contributed by atoms with Gasteiger partial charge in [-0.15, -0.1) is 0 Å². The summed E-state index contributed by atoms with van der Waals surface area (Å²) in [5, 5.41) is -1.35. The number of fused-ring (bicyclic) bond motifs is 1. The lowest BCUT2D eigenvalue weighted by atomic mass is 10.0. The van der Waals surface area contributed by atoms with Gasteiger partial charge in [0.05, 0.1) is 11.1 Å². The predicted molar refractivity (Wildman–Crippen MR) is 56.2 cm³/mol. The van der Waals surface area contributed by atoms with Crippen molar-refractivity contribution in [2.45, 2.75) is 12.4 Å². The summed E-state index contributed by atoms with van der Waals surface area (Å²) in [4.78, 5) is 3.21. The first-order valence-electron chi connectivity index (χ1n) is 4.94. The summed E-state index contributed by atoms with van der Waals surface area (Å²) in [6.07, 6.45) is -9.18. The van der Waals surface area contributed by atoms with Crippen LogP contribution in [0, 0.1) is 0 Å². The molecule has 2 rings (SSSR count). The van der Waals surface area contributed by atoms with Crippen LogP contribution in [0.15, 0.2) is 24.4 Å². The lowest BCUT2D eigenvalue weighted by molar-refractivity contribution is -0.138. The zero-order valence-electron chi connectivity index (χ0n) is 9.10. The van der Waals surface area contributed by atoms with Crippen molar-refractivity contribution in [2.24, 2.45) is 0 Å². The number of anilines is 1. The number of hydrogen-bond donors (Lipinski definition) is 1. The second-order valence-electron chi connectivity index (χ2n) is 3.78. The molecule has 0 saturated carbocycles. The van der Waals surface area contributed by atoms with Gasteiger partial charge in [-0.3, -0.25) is 0 Å². The summed E-state index contributed by atoms with van der Waals surface area (Å²) in [6, 6.07) is 2.51. The topological polar surface area (TPSA) is 38.9 Å². The van der Waals surface area contributed by atoms with Crippen molar-refractivity contribution in [3.63, 3.8) is 0 Å². The van der Waals surface area contributed by atoms with Gasteiger partial charge in [-0.1, -0.05) is 12.1 Å². The Morgan fingerprint density at radius 2 is 1.47 bits per heavy atom. The first-order valence-corrected chi connectivity index (χ1v) is 4.94. The molecule has 102 valence electrons. The molecular formula is C11H6F6N2. The third-order valence-electron chi connectivity index (χ3n) is 2.55. The summed E-state index contributed by atoms with van der Waals surface area (Å²) >= 11 is 0. The van der Waals surface area contributed by atoms with E-state index in [0.29, 0.717) is 12.3 Å². The molecule has 0 aliphatic carbocycles. The van der Waals surface area contributed by atoms with Gasteiger partial charge in [0.1, 0.15) is 5.82 Å². The maximum Gasteiger partial charge on any atom is 0.418 e. The second kappa shape index (κ2) is 4.01. The molecule has 0 bridgehead atoms. The Kier molecular flexibility index (Phi) is 2.83. The molecule has 2 aromatic rings. The third kappa shape index (κ3) is 2.29. The number of benzene rings is 1. The van der Waals surface area contributed by atoms with E-state index in [2.05, 4.69) is 4.98 Å². The molecule has 0 radical (unpaired) electrons. The van der Waals surface area contributed by atoms with Gasteiger partial charge in [-0.05, 0) is 11.5 Å². The van der Waals surface area contributed by atoms with Crippen LogP contribution in [0.1, 0.15) is 11.1 Å². The number of halogens is 6. The highest BCUT2D eigenvalue weighted by molar-refractivity contribution is 5.96. The molecule has 0 fully saturated rings. The molecule has 0 amide bonds. The average molecular weight is 280 g/mol. The Labute approximate surface area is 102 Å². The van der Waals surface area contributed by atoms with Crippen LogP contribution in [0.3, 0.4) is 0 Å². The van der Waals surface area contributed by atoms with Crippen molar-refractivity contribution in [3.05, 3.63) is 35.5 Å². The first kappa shape index (κ1) is 13.4. The highest BCUT2D eigenvalue weighted by Crippen LogP contribution is 2.41. The zero-order chi connectivity index (χ0) is 14.4. The van der Waals surface area contributed by atoms with Crippen LogP contribution in [-0.4, -0.2) is 4.98 Å². The van der Waals surface area contributed by atoms with Gasteiger partial charge >= 0.3 is 12.4 Å². The van der Waals surface area contributed by atoms with Gasteiger partial charge in [0.25, 0.3) is 0 Å². The Balaban J connectivity index is 2.92. The highest BCUT2D eigenvalue weighted by Gasteiger charge is 2.37. The van der Waals surface area contributed by atoms with E-state index in [4.69, 9.17) is 5.73 Å². The van der Waals surface area contributed by atoms with Gasteiger partial charge < -0.3 is 5.73 Å². The van der Waals surface area contributed by atoms with Gasteiger partial charge in [-0.2, -0.15) is 26.3 Å². The molecule has 0 aliphatic rings. The van der Waals surface area contributed by atoms with Crippen LogP contribution in [0.25, 0.3) is 10.8 Å². The van der Waals surface area contributed by atoms with E-state index in [-0.39, 0.29) is 0 Å². The lowest BCUT2D eigenvalue weighted by Gasteiger charge is -2.15. The molecule has 0 saturated heterocycles. The molecule has 2 N–H and O–H groups in total. The van der Waals surface area contributed by atoms with E-state index in [0.717, 1.165) is 12.1 Å². The quantitative estimate of drug-likeness (QED) is 0.744. The number of pyridine rings is 1. The van der Waals surface area contributed by atoms with Gasteiger partial charge in [-0.25, -0.2) is 4.98 Å². The first-order chi connectivity index (χ1) is 8.62. The van der Waals surface area contributed by atoms with E-state index in [9.17, 15) is 26.3 Å². The molecule has 2 nitrogen and oxygen atoms in total. The molecule has 0 aliphatic heterocycles. The molecule has 0 unspecified atom stereocenters. The maximum atomic E-state index is 12.8. The smallest absolute Gasteiger partial charge is 0.383 e. The van der Waals surface area contributed by atoms with Crippen LogP contribution in [0.2, 0.25) is 0 Å². The summed E-state index contributed by atoms with van der Waals surface area (Å²) in [7, 11) is 0.